The van der Waals surface area contributed by atoms with Gasteiger partial charge in [0.15, 0.2) is 5.65 Å². The molecule has 8 nitrogen and oxygen atoms in total. The standard InChI is InChI=1S/C10H15N7O/c11-16-10-14-8(7-5-12-17-9(7)15-10)13-6-1-3-18-4-2-6/h5-6H,1-4,11H2,(H3,12,13,14,15,16,17). The minimum atomic E-state index is 0.359. The van der Waals surface area contributed by atoms with Gasteiger partial charge in [-0.05, 0) is 12.8 Å². The Bertz CT molecular complexity index is 534. The van der Waals surface area contributed by atoms with Gasteiger partial charge in [-0.15, -0.1) is 0 Å². The lowest BCUT2D eigenvalue weighted by molar-refractivity contribution is 0.0904. The molecule has 5 N–H and O–H groups in total. The average molecular weight is 249 g/mol. The molecule has 0 saturated carbocycles. The van der Waals surface area contributed by atoms with E-state index in [1.54, 1.807) is 6.20 Å². The highest BCUT2D eigenvalue weighted by Crippen LogP contribution is 2.22. The Morgan fingerprint density at radius 1 is 1.33 bits per heavy atom. The molecule has 1 aliphatic rings. The summed E-state index contributed by atoms with van der Waals surface area (Å²) in [6.07, 6.45) is 3.64. The summed E-state index contributed by atoms with van der Waals surface area (Å²) in [7, 11) is 0. The van der Waals surface area contributed by atoms with Gasteiger partial charge in [0.05, 0.1) is 11.6 Å². The van der Waals surface area contributed by atoms with Crippen molar-refractivity contribution >= 4 is 22.8 Å². The number of hydrogen-bond acceptors (Lipinski definition) is 7. The Labute approximate surface area is 103 Å². The zero-order valence-corrected chi connectivity index (χ0v) is 9.81. The van der Waals surface area contributed by atoms with Crippen LogP contribution in [0.1, 0.15) is 12.8 Å². The normalized spacial score (nSPS) is 16.9. The quantitative estimate of drug-likeness (QED) is 0.454. The van der Waals surface area contributed by atoms with Gasteiger partial charge in [0.25, 0.3) is 0 Å². The van der Waals surface area contributed by atoms with Crippen LogP contribution in [-0.4, -0.2) is 39.4 Å². The van der Waals surface area contributed by atoms with Crippen molar-refractivity contribution in [1.29, 1.82) is 0 Å². The number of anilines is 2. The first-order valence-electron chi connectivity index (χ1n) is 5.89. The summed E-state index contributed by atoms with van der Waals surface area (Å²) in [4.78, 5) is 8.50. The molecule has 2 aromatic rings. The monoisotopic (exact) mass is 249 g/mol. The third-order valence-electron chi connectivity index (χ3n) is 3.00. The maximum atomic E-state index is 5.35. The summed E-state index contributed by atoms with van der Waals surface area (Å²) in [6.45, 7) is 1.55. The zero-order valence-electron chi connectivity index (χ0n) is 9.81. The summed E-state index contributed by atoms with van der Waals surface area (Å²) < 4.78 is 5.33. The van der Waals surface area contributed by atoms with E-state index in [-0.39, 0.29) is 0 Å². The smallest absolute Gasteiger partial charge is 0.241 e. The highest BCUT2D eigenvalue weighted by atomic mass is 16.5. The third-order valence-corrected chi connectivity index (χ3v) is 3.00. The number of H-pyrrole nitrogens is 1. The minimum absolute atomic E-state index is 0.359. The molecule has 0 atom stereocenters. The molecule has 0 radical (unpaired) electrons. The number of aromatic nitrogens is 4. The fraction of sp³-hybridized carbons (Fsp3) is 0.500. The molecule has 96 valence electrons. The van der Waals surface area contributed by atoms with E-state index in [0.717, 1.165) is 37.3 Å². The number of hydrogen-bond donors (Lipinski definition) is 4. The number of ether oxygens (including phenoxy) is 1. The Balaban J connectivity index is 1.91. The predicted molar refractivity (Wildman–Crippen MR) is 67.0 cm³/mol. The SMILES string of the molecule is NNc1nc(NC2CCOCC2)c2cn[nH]c2n1. The van der Waals surface area contributed by atoms with E-state index in [4.69, 9.17) is 10.6 Å². The van der Waals surface area contributed by atoms with Gasteiger partial charge in [-0.2, -0.15) is 15.1 Å². The highest BCUT2D eigenvalue weighted by molar-refractivity contribution is 5.87. The van der Waals surface area contributed by atoms with Gasteiger partial charge >= 0.3 is 0 Å². The minimum Gasteiger partial charge on any atom is -0.381 e. The topological polar surface area (TPSA) is 114 Å². The molecule has 0 unspecified atom stereocenters. The van der Waals surface area contributed by atoms with Crippen molar-refractivity contribution in [2.45, 2.75) is 18.9 Å². The number of nitrogens with one attached hydrogen (secondary N) is 3. The maximum Gasteiger partial charge on any atom is 0.241 e. The first-order valence-corrected chi connectivity index (χ1v) is 5.89. The molecule has 1 aliphatic heterocycles. The van der Waals surface area contributed by atoms with E-state index in [9.17, 15) is 0 Å². The average Bonchev–Trinajstić information content (AvgIpc) is 2.88. The maximum absolute atomic E-state index is 5.35. The van der Waals surface area contributed by atoms with E-state index < -0.39 is 0 Å². The predicted octanol–water partition coefficient (Wildman–Crippen LogP) is 0.229. The van der Waals surface area contributed by atoms with E-state index in [1.807, 2.05) is 0 Å². The van der Waals surface area contributed by atoms with Gasteiger partial charge < -0.3 is 10.1 Å². The van der Waals surface area contributed by atoms with Crippen molar-refractivity contribution < 1.29 is 4.74 Å². The lowest BCUT2D eigenvalue weighted by atomic mass is 10.1. The van der Waals surface area contributed by atoms with Crippen LogP contribution in [-0.2, 0) is 4.74 Å². The van der Waals surface area contributed by atoms with Crippen molar-refractivity contribution in [2.24, 2.45) is 5.84 Å². The molecule has 3 rings (SSSR count). The number of fused-ring (bicyclic) bond motifs is 1. The molecular weight excluding hydrogens is 234 g/mol. The van der Waals surface area contributed by atoms with Crippen LogP contribution in [0.4, 0.5) is 11.8 Å². The molecule has 8 heteroatoms. The van der Waals surface area contributed by atoms with Gasteiger partial charge in [-0.25, -0.2) is 5.84 Å². The molecule has 0 spiro atoms. The van der Waals surface area contributed by atoms with E-state index >= 15 is 0 Å². The van der Waals surface area contributed by atoms with Crippen LogP contribution in [0.5, 0.6) is 0 Å². The first kappa shape index (κ1) is 11.2. The summed E-state index contributed by atoms with van der Waals surface area (Å²) in [6, 6.07) is 0.359. The van der Waals surface area contributed by atoms with Gasteiger partial charge in [0.2, 0.25) is 5.95 Å². The Morgan fingerprint density at radius 3 is 2.94 bits per heavy atom. The van der Waals surface area contributed by atoms with Crippen molar-refractivity contribution in [1.82, 2.24) is 20.2 Å². The van der Waals surface area contributed by atoms with Crippen molar-refractivity contribution in [3.05, 3.63) is 6.20 Å². The molecule has 0 amide bonds. The molecule has 2 aromatic heterocycles. The van der Waals surface area contributed by atoms with Gasteiger partial charge in [0.1, 0.15) is 5.82 Å². The lowest BCUT2D eigenvalue weighted by Crippen LogP contribution is -2.28. The van der Waals surface area contributed by atoms with Gasteiger partial charge in [-0.3, -0.25) is 10.5 Å². The van der Waals surface area contributed by atoms with Crippen LogP contribution in [0.15, 0.2) is 6.20 Å². The molecule has 0 aromatic carbocycles. The van der Waals surface area contributed by atoms with Crippen molar-refractivity contribution in [3.63, 3.8) is 0 Å². The first-order chi connectivity index (χ1) is 8.86. The lowest BCUT2D eigenvalue weighted by Gasteiger charge is -2.23. The molecule has 0 bridgehead atoms. The van der Waals surface area contributed by atoms with E-state index in [2.05, 4.69) is 30.9 Å². The second-order valence-corrected chi connectivity index (χ2v) is 4.20. The van der Waals surface area contributed by atoms with Crippen LogP contribution in [0, 0.1) is 0 Å². The third kappa shape index (κ3) is 2.07. The fourth-order valence-electron chi connectivity index (χ4n) is 2.04. The fourth-order valence-corrected chi connectivity index (χ4v) is 2.04. The summed E-state index contributed by atoms with van der Waals surface area (Å²) in [5.74, 6) is 6.46. The molecule has 1 fully saturated rings. The number of rotatable bonds is 3. The van der Waals surface area contributed by atoms with Crippen LogP contribution in [0.25, 0.3) is 11.0 Å². The second-order valence-electron chi connectivity index (χ2n) is 4.20. The van der Waals surface area contributed by atoms with Gasteiger partial charge in [-0.1, -0.05) is 0 Å². The van der Waals surface area contributed by atoms with Crippen LogP contribution >= 0.6 is 0 Å². The summed E-state index contributed by atoms with van der Waals surface area (Å²) >= 11 is 0. The van der Waals surface area contributed by atoms with Crippen LogP contribution in [0.3, 0.4) is 0 Å². The summed E-state index contributed by atoms with van der Waals surface area (Å²) in [5, 5.41) is 11.0. The second kappa shape index (κ2) is 4.75. The van der Waals surface area contributed by atoms with Crippen LogP contribution in [0.2, 0.25) is 0 Å². The van der Waals surface area contributed by atoms with Gasteiger partial charge in [0, 0.05) is 19.3 Å². The van der Waals surface area contributed by atoms with E-state index in [0.29, 0.717) is 17.6 Å². The number of nitrogens with zero attached hydrogens (tertiary/aromatic N) is 3. The largest absolute Gasteiger partial charge is 0.381 e. The number of nitrogen functional groups attached to an aromatic ring is 1. The number of nitrogens with two attached hydrogens (primary N) is 1. The molecule has 18 heavy (non-hydrogen) atoms. The molecule has 3 heterocycles. The summed E-state index contributed by atoms with van der Waals surface area (Å²) in [5.41, 5.74) is 3.11. The van der Waals surface area contributed by atoms with E-state index in [1.165, 1.54) is 0 Å². The van der Waals surface area contributed by atoms with Crippen molar-refractivity contribution in [2.75, 3.05) is 24.0 Å². The number of hydrazine groups is 1. The molecule has 0 aliphatic carbocycles. The Kier molecular flexibility index (Phi) is 2.95. The Hall–Kier alpha value is -1.93. The van der Waals surface area contributed by atoms with Crippen LogP contribution < -0.4 is 16.6 Å². The molecule has 1 saturated heterocycles. The molecular formula is C10H15N7O. The number of aromatic amines is 1. The Morgan fingerprint density at radius 2 is 2.17 bits per heavy atom. The highest BCUT2D eigenvalue weighted by Gasteiger charge is 2.16. The van der Waals surface area contributed by atoms with Crippen molar-refractivity contribution in [3.8, 4) is 0 Å². The zero-order chi connectivity index (χ0) is 12.4.